The summed E-state index contributed by atoms with van der Waals surface area (Å²) < 4.78 is 0. The van der Waals surface area contributed by atoms with Gasteiger partial charge in [0.25, 0.3) is 0 Å². The van der Waals surface area contributed by atoms with Crippen molar-refractivity contribution in [2.24, 2.45) is 34.4 Å². The van der Waals surface area contributed by atoms with Crippen molar-refractivity contribution in [3.63, 3.8) is 0 Å². The van der Waals surface area contributed by atoms with Crippen LogP contribution in [0, 0.1) is 5.41 Å². The second kappa shape index (κ2) is 22.3. The Labute approximate surface area is 256 Å². The molecule has 20 N–H and O–H groups in total. The number of hydrogen-bond donors (Lipinski definition) is 14. The van der Waals surface area contributed by atoms with Crippen LogP contribution < -0.4 is 39.7 Å². The fourth-order valence-electron chi connectivity index (χ4n) is 2.87. The monoisotopic (exact) mass is 643 g/mol. The van der Waals surface area contributed by atoms with Gasteiger partial charge in [0.2, 0.25) is 5.91 Å². The zero-order valence-corrected chi connectivity index (χ0v) is 24.1. The summed E-state index contributed by atoms with van der Waals surface area (Å²) in [6, 6.07) is 3.64. The molecular formula is C25H41N9O11. The van der Waals surface area contributed by atoms with Crippen LogP contribution in [0.1, 0.15) is 31.2 Å². The molecule has 0 saturated carbocycles. The van der Waals surface area contributed by atoms with Gasteiger partial charge >= 0.3 is 29.8 Å². The molecule has 0 aliphatic carbocycles. The number of carbonyl (C=O) groups is 6. The van der Waals surface area contributed by atoms with Crippen molar-refractivity contribution in [1.82, 2.24) is 10.3 Å². The van der Waals surface area contributed by atoms with Gasteiger partial charge < -0.3 is 70.2 Å². The Morgan fingerprint density at radius 1 is 0.756 bits per heavy atom. The lowest BCUT2D eigenvalue weighted by atomic mass is 10.1. The van der Waals surface area contributed by atoms with Gasteiger partial charge in [-0.1, -0.05) is 18.2 Å². The summed E-state index contributed by atoms with van der Waals surface area (Å²) >= 11 is 0. The van der Waals surface area contributed by atoms with Crippen LogP contribution in [-0.2, 0) is 35.2 Å². The Morgan fingerprint density at radius 3 is 1.64 bits per heavy atom. The van der Waals surface area contributed by atoms with Gasteiger partial charge in [0.05, 0.1) is 12.8 Å². The molecule has 45 heavy (non-hydrogen) atoms. The van der Waals surface area contributed by atoms with Gasteiger partial charge in [-0.15, -0.1) is 0 Å². The van der Waals surface area contributed by atoms with E-state index in [4.69, 9.17) is 59.6 Å². The highest BCUT2D eigenvalue weighted by atomic mass is 16.4. The topological polar surface area (TPSA) is 411 Å². The Bertz CT molecular complexity index is 1250. The number of aliphatic carboxylic acids is 5. The minimum Gasteiger partial charge on any atom is -0.481 e. The van der Waals surface area contributed by atoms with Gasteiger partial charge in [-0.05, 0) is 24.5 Å². The first-order valence-electron chi connectivity index (χ1n) is 12.9. The molecule has 4 atom stereocenters. The molecule has 0 saturated heterocycles. The molecule has 1 aromatic carbocycles. The highest BCUT2D eigenvalue weighted by molar-refractivity contribution is 5.84. The summed E-state index contributed by atoms with van der Waals surface area (Å²) in [5.74, 6) is -6.50. The molecule has 20 heteroatoms. The van der Waals surface area contributed by atoms with Crippen LogP contribution in [0.5, 0.6) is 0 Å². The Hall–Kier alpha value is -5.31. The Morgan fingerprint density at radius 2 is 1.24 bits per heavy atom. The van der Waals surface area contributed by atoms with Crippen LogP contribution in [0.25, 0.3) is 10.9 Å². The first-order valence-corrected chi connectivity index (χ1v) is 12.9. The van der Waals surface area contributed by atoms with Crippen molar-refractivity contribution in [2.45, 2.75) is 56.3 Å². The molecule has 252 valence electrons. The third-order valence-corrected chi connectivity index (χ3v) is 5.21. The molecule has 0 fully saturated rings. The number of carbonyl (C=O) groups excluding carboxylic acids is 1. The molecule has 0 aliphatic rings. The lowest BCUT2D eigenvalue weighted by Crippen LogP contribution is -2.34. The highest BCUT2D eigenvalue weighted by Crippen LogP contribution is 2.18. The third-order valence-electron chi connectivity index (χ3n) is 5.21. The molecule has 0 bridgehead atoms. The van der Waals surface area contributed by atoms with E-state index in [2.05, 4.69) is 16.0 Å². The fraction of sp³-hybridized carbons (Fsp3) is 0.400. The number of carboxylic acid groups (broad SMARTS) is 5. The first-order chi connectivity index (χ1) is 20.8. The van der Waals surface area contributed by atoms with Gasteiger partial charge in [0.15, 0.2) is 5.96 Å². The van der Waals surface area contributed by atoms with Crippen LogP contribution in [0.4, 0.5) is 0 Å². The summed E-state index contributed by atoms with van der Waals surface area (Å²) in [7, 11) is 0. The standard InChI is InChI=1S/C11H12N2O2.C6H14N4O2.C4H8N2O3.C4H7NO4/c12-9(11(14)15)5-7-6-13-10-4-2-1-3-8(7)10;7-4(5(11)12)2-1-3-10-6(8)9;2*5-2(4(8)9)1-3(6)7/h1-4,6,9,13H,5,12H2,(H,14,15);4H,1-3,7H2,(H,11,12)(H4,8,9,10);2H,1,5H2,(H2,6,7)(H,8,9);2H,1,5H2,(H,6,7)(H,8,9). The number of aromatic amines is 1. The minimum absolute atomic E-state index is 0.112. The van der Waals surface area contributed by atoms with E-state index in [1.54, 1.807) is 0 Å². The van der Waals surface area contributed by atoms with Crippen molar-refractivity contribution in [3.8, 4) is 0 Å². The lowest BCUT2D eigenvalue weighted by Gasteiger charge is -2.06. The molecule has 0 spiro atoms. The average Bonchev–Trinajstić information content (AvgIpc) is 3.33. The van der Waals surface area contributed by atoms with Crippen LogP contribution >= 0.6 is 0 Å². The molecule has 2 aromatic rings. The number of aromatic nitrogens is 1. The van der Waals surface area contributed by atoms with Crippen LogP contribution in [0.2, 0.25) is 0 Å². The van der Waals surface area contributed by atoms with Gasteiger partial charge in [0.1, 0.15) is 24.2 Å². The second-order valence-electron chi connectivity index (χ2n) is 9.09. The second-order valence-corrected chi connectivity index (χ2v) is 9.09. The number of H-pyrrole nitrogens is 1. The first kappa shape index (κ1) is 41.8. The van der Waals surface area contributed by atoms with E-state index in [0.717, 1.165) is 16.5 Å². The summed E-state index contributed by atoms with van der Waals surface area (Å²) in [5, 5.41) is 51.6. The van der Waals surface area contributed by atoms with Crippen molar-refractivity contribution in [2.75, 3.05) is 6.54 Å². The van der Waals surface area contributed by atoms with Gasteiger partial charge in [-0.2, -0.15) is 0 Å². The molecule has 0 radical (unpaired) electrons. The number of nitrogens with one attached hydrogen (secondary N) is 3. The van der Waals surface area contributed by atoms with Crippen molar-refractivity contribution in [1.29, 1.82) is 5.41 Å². The largest absolute Gasteiger partial charge is 0.481 e. The molecule has 0 aliphatic heterocycles. The Kier molecular flexibility index (Phi) is 20.7. The number of primary amides is 1. The van der Waals surface area contributed by atoms with Crippen molar-refractivity contribution >= 4 is 52.6 Å². The maximum atomic E-state index is 10.6. The van der Waals surface area contributed by atoms with Gasteiger partial charge in [0, 0.05) is 30.1 Å². The number of rotatable bonds is 14. The normalized spacial score (nSPS) is 12.5. The van der Waals surface area contributed by atoms with Crippen LogP contribution in [0.15, 0.2) is 30.5 Å². The fourth-order valence-corrected chi connectivity index (χ4v) is 2.87. The van der Waals surface area contributed by atoms with Crippen LogP contribution in [-0.4, -0.2) is 103 Å². The number of fused-ring (bicyclic) bond motifs is 1. The maximum Gasteiger partial charge on any atom is 0.321 e. The summed E-state index contributed by atoms with van der Waals surface area (Å²) in [6.07, 6.45) is 2.29. The van der Waals surface area contributed by atoms with E-state index in [0.29, 0.717) is 25.8 Å². The molecular weight excluding hydrogens is 602 g/mol. The highest BCUT2D eigenvalue weighted by Gasteiger charge is 2.15. The number of carboxylic acids is 5. The lowest BCUT2D eigenvalue weighted by molar-refractivity contribution is -0.144. The van der Waals surface area contributed by atoms with Gasteiger partial charge in [-0.3, -0.25) is 34.2 Å². The summed E-state index contributed by atoms with van der Waals surface area (Å²) in [6.45, 7) is 0.482. The molecule has 1 heterocycles. The van der Waals surface area contributed by atoms with Crippen molar-refractivity contribution in [3.05, 3.63) is 36.0 Å². The minimum atomic E-state index is -1.29. The number of para-hydroxylation sites is 1. The van der Waals surface area contributed by atoms with E-state index in [-0.39, 0.29) is 12.4 Å². The zero-order valence-electron chi connectivity index (χ0n) is 24.1. The quantitative estimate of drug-likeness (QED) is 0.0551. The maximum absolute atomic E-state index is 10.6. The zero-order chi connectivity index (χ0) is 35.3. The predicted molar refractivity (Wildman–Crippen MR) is 160 cm³/mol. The van der Waals surface area contributed by atoms with Gasteiger partial charge in [-0.25, -0.2) is 0 Å². The van der Waals surface area contributed by atoms with Crippen molar-refractivity contribution < 1.29 is 54.3 Å². The molecule has 20 nitrogen and oxygen atoms in total. The summed E-state index contributed by atoms with van der Waals surface area (Å²) in [4.78, 5) is 63.4. The SMILES string of the molecule is N=C(N)NCCCC(N)C(=O)O.NC(=O)CC(N)C(=O)O.NC(CC(=O)O)C(=O)O.NC(Cc1c[nH]c2ccccc12)C(=O)O. The summed E-state index contributed by atoms with van der Waals surface area (Å²) in [5.41, 5.74) is 32.1. The average molecular weight is 644 g/mol. The van der Waals surface area contributed by atoms with Crippen LogP contribution in [0.3, 0.4) is 0 Å². The number of guanidine groups is 1. The molecule has 2 rings (SSSR count). The van der Waals surface area contributed by atoms with E-state index in [1.807, 2.05) is 30.5 Å². The number of nitrogens with two attached hydrogens (primary N) is 6. The smallest absolute Gasteiger partial charge is 0.321 e. The number of hydrogen-bond acceptors (Lipinski definition) is 11. The predicted octanol–water partition coefficient (Wildman–Crippen LogP) is -3.07. The molecule has 4 unspecified atom stereocenters. The Balaban J connectivity index is 0. The third kappa shape index (κ3) is 21.1. The van der Waals surface area contributed by atoms with E-state index < -0.39 is 66.3 Å². The van der Waals surface area contributed by atoms with E-state index in [1.165, 1.54) is 0 Å². The van der Waals surface area contributed by atoms with E-state index in [9.17, 15) is 28.8 Å². The molecule has 1 aromatic heterocycles. The number of amides is 1. The van der Waals surface area contributed by atoms with E-state index >= 15 is 0 Å². The number of benzene rings is 1. The molecule has 1 amide bonds.